The van der Waals surface area contributed by atoms with Gasteiger partial charge in [0.05, 0.1) is 0 Å². The van der Waals surface area contributed by atoms with E-state index < -0.39 is 11.6 Å². The summed E-state index contributed by atoms with van der Waals surface area (Å²) in [5.74, 6) is -1.21. The molecular formula is C12H20O3S. The Morgan fingerprint density at radius 3 is 2.06 bits per heavy atom. The summed E-state index contributed by atoms with van der Waals surface area (Å²) < 4.78 is 5.07. The Balaban J connectivity index is 2.48. The zero-order valence-electron chi connectivity index (χ0n) is 10.2. The average Bonchev–Trinajstić information content (AvgIpc) is 2.15. The van der Waals surface area contributed by atoms with Crippen LogP contribution in [0.1, 0.15) is 46.5 Å². The molecule has 0 N–H and O–H groups in total. The topological polar surface area (TPSA) is 43.4 Å². The molecule has 0 unspecified atom stereocenters. The van der Waals surface area contributed by atoms with Crippen LogP contribution in [0, 0.1) is 5.92 Å². The number of ether oxygens (including phenoxy) is 1. The largest absolute Gasteiger partial charge is 0.454 e. The van der Waals surface area contributed by atoms with Crippen LogP contribution in [0.15, 0.2) is 0 Å². The first kappa shape index (κ1) is 13.6. The van der Waals surface area contributed by atoms with Gasteiger partial charge in [0.1, 0.15) is 5.60 Å². The number of thiol groups is 1. The number of carbonyl (C=O) groups is 2. The molecule has 1 saturated carbocycles. The number of rotatable bonds is 2. The molecule has 1 aliphatic carbocycles. The predicted octanol–water partition coefficient (Wildman–Crippen LogP) is 2.39. The Hall–Kier alpha value is -0.510. The molecule has 0 aromatic carbocycles. The summed E-state index contributed by atoms with van der Waals surface area (Å²) in [6.45, 7) is 5.30. The van der Waals surface area contributed by atoms with Crippen LogP contribution in [0.5, 0.6) is 0 Å². The molecule has 0 aromatic heterocycles. The molecule has 0 aliphatic heterocycles. The van der Waals surface area contributed by atoms with E-state index in [0.717, 1.165) is 25.7 Å². The van der Waals surface area contributed by atoms with Crippen molar-refractivity contribution in [1.82, 2.24) is 0 Å². The lowest BCUT2D eigenvalue weighted by Gasteiger charge is -2.25. The third kappa shape index (κ3) is 4.16. The minimum atomic E-state index is -0.685. The fourth-order valence-electron chi connectivity index (χ4n) is 1.83. The van der Waals surface area contributed by atoms with Crippen molar-refractivity contribution in [3.63, 3.8) is 0 Å². The molecule has 0 atom stereocenters. The van der Waals surface area contributed by atoms with Gasteiger partial charge in [-0.25, -0.2) is 4.79 Å². The fraction of sp³-hybridized carbons (Fsp3) is 0.833. The lowest BCUT2D eigenvalue weighted by molar-refractivity contribution is -0.164. The van der Waals surface area contributed by atoms with Gasteiger partial charge in [-0.15, -0.1) is 0 Å². The van der Waals surface area contributed by atoms with Crippen LogP contribution in [0.25, 0.3) is 0 Å². The van der Waals surface area contributed by atoms with Crippen molar-refractivity contribution in [2.45, 2.75) is 57.3 Å². The Morgan fingerprint density at radius 1 is 1.12 bits per heavy atom. The third-order valence-corrected chi connectivity index (χ3v) is 3.18. The van der Waals surface area contributed by atoms with Crippen molar-refractivity contribution < 1.29 is 14.3 Å². The van der Waals surface area contributed by atoms with Gasteiger partial charge in [0, 0.05) is 11.2 Å². The van der Waals surface area contributed by atoms with Crippen LogP contribution in [0.2, 0.25) is 0 Å². The predicted molar refractivity (Wildman–Crippen MR) is 65.6 cm³/mol. The van der Waals surface area contributed by atoms with E-state index in [9.17, 15) is 9.59 Å². The number of hydrogen-bond donors (Lipinski definition) is 1. The number of Topliss-reactive ketones (excluding diaryl/α,β-unsaturated/α-hetero) is 1. The summed E-state index contributed by atoms with van der Waals surface area (Å²) in [5.41, 5.74) is -0.590. The maximum Gasteiger partial charge on any atom is 0.375 e. The molecule has 92 valence electrons. The first-order chi connectivity index (χ1) is 7.29. The summed E-state index contributed by atoms with van der Waals surface area (Å²) in [6.07, 6.45) is 3.32. The Bertz CT molecular complexity index is 272. The van der Waals surface area contributed by atoms with Gasteiger partial charge in [-0.2, -0.15) is 12.6 Å². The number of carbonyl (C=O) groups excluding carboxylic acids is 2. The number of hydrogen-bond acceptors (Lipinski definition) is 4. The normalized spacial score (nSPS) is 26.2. The Labute approximate surface area is 102 Å². The van der Waals surface area contributed by atoms with Gasteiger partial charge in [-0.1, -0.05) is 0 Å². The molecule has 4 heteroatoms. The van der Waals surface area contributed by atoms with Crippen LogP contribution >= 0.6 is 12.6 Å². The fourth-order valence-corrected chi connectivity index (χ4v) is 2.13. The maximum absolute atomic E-state index is 11.8. The average molecular weight is 244 g/mol. The minimum absolute atomic E-state index is 0.154. The molecular weight excluding hydrogens is 224 g/mol. The van der Waals surface area contributed by atoms with Gasteiger partial charge in [-0.05, 0) is 46.5 Å². The summed E-state index contributed by atoms with van der Waals surface area (Å²) in [7, 11) is 0. The van der Waals surface area contributed by atoms with Crippen LogP contribution in [0.4, 0.5) is 0 Å². The molecule has 0 spiro atoms. The molecule has 1 aliphatic rings. The highest BCUT2D eigenvalue weighted by Crippen LogP contribution is 2.28. The Kier molecular flexibility index (Phi) is 4.42. The SMILES string of the molecule is CC(C)(C)OC(=O)C(=O)C1CCC(S)CC1. The minimum Gasteiger partial charge on any atom is -0.454 e. The van der Waals surface area contributed by atoms with Crippen molar-refractivity contribution in [3.8, 4) is 0 Å². The molecule has 1 fully saturated rings. The van der Waals surface area contributed by atoms with E-state index in [1.165, 1.54) is 0 Å². The highest BCUT2D eigenvalue weighted by atomic mass is 32.1. The van der Waals surface area contributed by atoms with Crippen molar-refractivity contribution in [2.24, 2.45) is 5.92 Å². The summed E-state index contributed by atoms with van der Waals surface area (Å²) >= 11 is 4.36. The van der Waals surface area contributed by atoms with E-state index in [2.05, 4.69) is 12.6 Å². The molecule has 1 rings (SSSR count). The molecule has 0 amide bonds. The van der Waals surface area contributed by atoms with Gasteiger partial charge in [0.15, 0.2) is 0 Å². The van der Waals surface area contributed by atoms with Crippen molar-refractivity contribution in [3.05, 3.63) is 0 Å². The Morgan fingerprint density at radius 2 is 1.62 bits per heavy atom. The molecule has 0 bridgehead atoms. The third-order valence-electron chi connectivity index (χ3n) is 2.67. The summed E-state index contributed by atoms with van der Waals surface area (Å²) in [5, 5.41) is 0.377. The zero-order valence-corrected chi connectivity index (χ0v) is 11.0. The van der Waals surface area contributed by atoms with Crippen molar-refractivity contribution >= 4 is 24.4 Å². The quantitative estimate of drug-likeness (QED) is 0.461. The van der Waals surface area contributed by atoms with Gasteiger partial charge in [0.25, 0.3) is 0 Å². The molecule has 0 radical (unpaired) electrons. The second-order valence-corrected chi connectivity index (χ2v) is 6.10. The first-order valence-corrected chi connectivity index (χ1v) is 6.26. The van der Waals surface area contributed by atoms with Crippen molar-refractivity contribution in [2.75, 3.05) is 0 Å². The smallest absolute Gasteiger partial charge is 0.375 e. The highest BCUT2D eigenvalue weighted by molar-refractivity contribution is 7.80. The lowest BCUT2D eigenvalue weighted by atomic mass is 9.86. The zero-order chi connectivity index (χ0) is 12.3. The van der Waals surface area contributed by atoms with Crippen LogP contribution in [-0.2, 0) is 14.3 Å². The van der Waals surface area contributed by atoms with E-state index in [-0.39, 0.29) is 11.7 Å². The summed E-state index contributed by atoms with van der Waals surface area (Å²) in [6, 6.07) is 0. The van der Waals surface area contributed by atoms with E-state index in [1.807, 2.05) is 0 Å². The standard InChI is InChI=1S/C12H20O3S/c1-12(2,3)15-11(14)10(13)8-4-6-9(16)7-5-8/h8-9,16H,4-7H2,1-3H3. The van der Waals surface area contributed by atoms with Crippen LogP contribution in [0.3, 0.4) is 0 Å². The van der Waals surface area contributed by atoms with Gasteiger partial charge in [-0.3, -0.25) is 4.79 Å². The van der Waals surface area contributed by atoms with Gasteiger partial charge in [0.2, 0.25) is 5.78 Å². The highest BCUT2D eigenvalue weighted by Gasteiger charge is 2.32. The second-order valence-electron chi connectivity index (χ2n) is 5.37. The van der Waals surface area contributed by atoms with Gasteiger partial charge >= 0.3 is 5.97 Å². The molecule has 0 saturated heterocycles. The maximum atomic E-state index is 11.8. The number of esters is 1. The molecule has 16 heavy (non-hydrogen) atoms. The monoisotopic (exact) mass is 244 g/mol. The van der Waals surface area contributed by atoms with E-state index in [1.54, 1.807) is 20.8 Å². The van der Waals surface area contributed by atoms with E-state index in [4.69, 9.17) is 4.74 Å². The molecule has 0 heterocycles. The lowest BCUT2D eigenvalue weighted by Crippen LogP contribution is -2.34. The van der Waals surface area contributed by atoms with Crippen LogP contribution in [-0.4, -0.2) is 22.6 Å². The summed E-state index contributed by atoms with van der Waals surface area (Å²) in [4.78, 5) is 23.3. The van der Waals surface area contributed by atoms with Crippen LogP contribution < -0.4 is 0 Å². The van der Waals surface area contributed by atoms with E-state index >= 15 is 0 Å². The molecule has 3 nitrogen and oxygen atoms in total. The second kappa shape index (κ2) is 5.21. The molecule has 0 aromatic rings. The van der Waals surface area contributed by atoms with Gasteiger partial charge < -0.3 is 4.74 Å². The first-order valence-electron chi connectivity index (χ1n) is 5.75. The van der Waals surface area contributed by atoms with Crippen molar-refractivity contribution in [1.29, 1.82) is 0 Å². The van der Waals surface area contributed by atoms with E-state index in [0.29, 0.717) is 5.25 Å². The number of ketones is 1.